The molecule has 1 heterocycles. The van der Waals surface area contributed by atoms with Crippen LogP contribution in [0.3, 0.4) is 0 Å². The van der Waals surface area contributed by atoms with Crippen LogP contribution in [0.25, 0.3) is 0 Å². The number of nitrogens with zero attached hydrogens (tertiary/aromatic N) is 2. The fraction of sp³-hybridized carbons (Fsp3) is 0.467. The Bertz CT molecular complexity index is 688. The molecule has 0 aromatic heterocycles. The van der Waals surface area contributed by atoms with Crippen LogP contribution >= 0.6 is 0 Å². The van der Waals surface area contributed by atoms with E-state index in [1.807, 2.05) is 18.2 Å². The molecule has 1 fully saturated rings. The molecule has 0 unspecified atom stereocenters. The molecule has 1 amide bonds. The zero-order chi connectivity index (χ0) is 16.9. The summed E-state index contributed by atoms with van der Waals surface area (Å²) in [5.41, 5.74) is 3.22. The summed E-state index contributed by atoms with van der Waals surface area (Å²) in [5.74, 6) is 0.00390. The summed E-state index contributed by atoms with van der Waals surface area (Å²) in [5, 5.41) is 3.94. The molecular formula is C15H21N3O4S. The number of piperidine rings is 1. The van der Waals surface area contributed by atoms with Crippen LogP contribution in [0.15, 0.2) is 29.4 Å². The molecule has 8 heteroatoms. The highest BCUT2D eigenvalue weighted by Crippen LogP contribution is 2.19. The Morgan fingerprint density at radius 2 is 2.17 bits per heavy atom. The molecule has 0 aliphatic carbocycles. The number of carbonyl (C=O) groups excluding carboxylic acids is 1. The lowest BCUT2D eigenvalue weighted by atomic mass is 9.99. The average Bonchev–Trinajstić information content (AvgIpc) is 2.54. The van der Waals surface area contributed by atoms with Gasteiger partial charge in [0.1, 0.15) is 5.75 Å². The number of benzene rings is 1. The minimum absolute atomic E-state index is 0.203. The fourth-order valence-electron chi connectivity index (χ4n) is 2.49. The topological polar surface area (TPSA) is 88.1 Å². The third kappa shape index (κ3) is 4.77. The van der Waals surface area contributed by atoms with Crippen molar-refractivity contribution < 1.29 is 17.9 Å². The smallest absolute Gasteiger partial charge is 0.244 e. The van der Waals surface area contributed by atoms with Gasteiger partial charge in [-0.1, -0.05) is 12.1 Å². The van der Waals surface area contributed by atoms with Crippen molar-refractivity contribution in [2.75, 3.05) is 26.5 Å². The molecule has 0 bridgehead atoms. The molecule has 7 nitrogen and oxygen atoms in total. The number of hydrazone groups is 1. The first-order chi connectivity index (χ1) is 10.9. The van der Waals surface area contributed by atoms with E-state index in [-0.39, 0.29) is 18.4 Å². The molecule has 1 aliphatic rings. The van der Waals surface area contributed by atoms with Gasteiger partial charge >= 0.3 is 0 Å². The van der Waals surface area contributed by atoms with Crippen molar-refractivity contribution >= 4 is 22.1 Å². The van der Waals surface area contributed by atoms with Crippen LogP contribution in [0, 0.1) is 5.92 Å². The van der Waals surface area contributed by atoms with Crippen molar-refractivity contribution in [3.63, 3.8) is 0 Å². The van der Waals surface area contributed by atoms with Crippen molar-refractivity contribution in [2.24, 2.45) is 11.0 Å². The van der Waals surface area contributed by atoms with Gasteiger partial charge in [0.15, 0.2) is 0 Å². The van der Waals surface area contributed by atoms with E-state index < -0.39 is 10.0 Å². The maximum absolute atomic E-state index is 12.1. The molecule has 1 saturated heterocycles. The van der Waals surface area contributed by atoms with Crippen molar-refractivity contribution in [1.82, 2.24) is 9.73 Å². The summed E-state index contributed by atoms with van der Waals surface area (Å²) in [6, 6.07) is 7.31. The number of para-hydroxylation sites is 1. The van der Waals surface area contributed by atoms with Gasteiger partial charge in [-0.2, -0.15) is 5.10 Å². The van der Waals surface area contributed by atoms with Gasteiger partial charge in [0.2, 0.25) is 15.9 Å². The van der Waals surface area contributed by atoms with Gasteiger partial charge in [0, 0.05) is 18.7 Å². The second-order valence-corrected chi connectivity index (χ2v) is 7.42. The maximum atomic E-state index is 12.1. The molecule has 126 valence electrons. The number of hydrogen-bond donors (Lipinski definition) is 1. The van der Waals surface area contributed by atoms with Crippen LogP contribution in [0.1, 0.15) is 18.4 Å². The fourth-order valence-corrected chi connectivity index (χ4v) is 3.40. The highest BCUT2D eigenvalue weighted by atomic mass is 32.2. The van der Waals surface area contributed by atoms with Crippen LogP contribution in [0.2, 0.25) is 0 Å². The summed E-state index contributed by atoms with van der Waals surface area (Å²) in [6.45, 7) is 0.669. The first-order valence-corrected chi connectivity index (χ1v) is 9.17. The molecule has 2 rings (SSSR count). The van der Waals surface area contributed by atoms with E-state index in [0.29, 0.717) is 25.1 Å². The second kappa shape index (κ2) is 7.56. The predicted molar refractivity (Wildman–Crippen MR) is 87.9 cm³/mol. The summed E-state index contributed by atoms with van der Waals surface area (Å²) in [4.78, 5) is 12.1. The first-order valence-electron chi connectivity index (χ1n) is 7.33. The molecule has 23 heavy (non-hydrogen) atoms. The summed E-state index contributed by atoms with van der Waals surface area (Å²) < 4.78 is 29.7. The van der Waals surface area contributed by atoms with Crippen LogP contribution in [-0.4, -0.2) is 51.3 Å². The highest BCUT2D eigenvalue weighted by molar-refractivity contribution is 7.88. The van der Waals surface area contributed by atoms with Crippen molar-refractivity contribution in [2.45, 2.75) is 12.8 Å². The van der Waals surface area contributed by atoms with Gasteiger partial charge in [-0.25, -0.2) is 18.1 Å². The molecule has 1 N–H and O–H groups in total. The number of sulfonamides is 1. The van der Waals surface area contributed by atoms with Crippen LogP contribution in [0.4, 0.5) is 0 Å². The summed E-state index contributed by atoms with van der Waals surface area (Å²) in [7, 11) is -1.70. The Hall–Kier alpha value is -1.93. The average molecular weight is 339 g/mol. The number of ether oxygens (including phenoxy) is 1. The van der Waals surface area contributed by atoms with Gasteiger partial charge in [0.25, 0.3) is 0 Å². The van der Waals surface area contributed by atoms with E-state index in [4.69, 9.17) is 4.74 Å². The standard InChI is InChI=1S/C15H21N3O4S/c1-22-14-8-4-3-6-12(14)10-16-17-15(19)13-7-5-9-18(11-13)23(2,20)21/h3-4,6,8,10,13H,5,7,9,11H2,1-2H3,(H,17,19)/b16-10-/t13-/m1/s1. The molecule has 0 spiro atoms. The zero-order valence-corrected chi connectivity index (χ0v) is 14.0. The van der Waals surface area contributed by atoms with E-state index in [1.54, 1.807) is 13.2 Å². The molecule has 1 aliphatic heterocycles. The van der Waals surface area contributed by atoms with Gasteiger partial charge in [-0.15, -0.1) is 0 Å². The second-order valence-electron chi connectivity index (χ2n) is 5.44. The third-order valence-corrected chi connectivity index (χ3v) is 5.01. The van der Waals surface area contributed by atoms with E-state index in [9.17, 15) is 13.2 Å². The Labute approximate surface area is 136 Å². The summed E-state index contributed by atoms with van der Waals surface area (Å²) in [6.07, 6.45) is 3.99. The molecular weight excluding hydrogens is 318 g/mol. The van der Waals surface area contributed by atoms with E-state index in [0.717, 1.165) is 11.8 Å². The lowest BCUT2D eigenvalue weighted by Gasteiger charge is -2.29. The Balaban J connectivity index is 1.95. The lowest BCUT2D eigenvalue weighted by molar-refractivity contribution is -0.126. The number of hydrogen-bond acceptors (Lipinski definition) is 5. The summed E-state index contributed by atoms with van der Waals surface area (Å²) >= 11 is 0. The normalized spacial score (nSPS) is 19.7. The zero-order valence-electron chi connectivity index (χ0n) is 13.2. The van der Waals surface area contributed by atoms with E-state index in [1.165, 1.54) is 10.5 Å². The molecule has 1 aromatic rings. The Morgan fingerprint density at radius 1 is 1.43 bits per heavy atom. The van der Waals surface area contributed by atoms with E-state index in [2.05, 4.69) is 10.5 Å². The number of methoxy groups -OCH3 is 1. The lowest BCUT2D eigenvalue weighted by Crippen LogP contribution is -2.44. The van der Waals surface area contributed by atoms with Crippen LogP contribution in [0.5, 0.6) is 5.75 Å². The molecule has 1 aromatic carbocycles. The number of nitrogens with one attached hydrogen (secondary N) is 1. The minimum atomic E-state index is -3.27. The predicted octanol–water partition coefficient (Wildman–Crippen LogP) is 0.817. The Kier molecular flexibility index (Phi) is 5.73. The maximum Gasteiger partial charge on any atom is 0.244 e. The van der Waals surface area contributed by atoms with Crippen molar-refractivity contribution in [3.05, 3.63) is 29.8 Å². The number of amides is 1. The van der Waals surface area contributed by atoms with Crippen molar-refractivity contribution in [3.8, 4) is 5.75 Å². The van der Waals surface area contributed by atoms with Gasteiger partial charge in [-0.3, -0.25) is 4.79 Å². The van der Waals surface area contributed by atoms with Crippen LogP contribution in [-0.2, 0) is 14.8 Å². The molecule has 1 atom stereocenters. The Morgan fingerprint density at radius 3 is 2.87 bits per heavy atom. The van der Waals surface area contributed by atoms with Gasteiger partial charge in [0.05, 0.1) is 25.5 Å². The number of rotatable bonds is 5. The first kappa shape index (κ1) is 17.4. The third-order valence-electron chi connectivity index (χ3n) is 3.74. The monoisotopic (exact) mass is 339 g/mol. The largest absolute Gasteiger partial charge is 0.496 e. The van der Waals surface area contributed by atoms with Crippen LogP contribution < -0.4 is 10.2 Å². The SMILES string of the molecule is COc1ccccc1/C=N\NC(=O)[C@@H]1CCCN(S(C)(=O)=O)C1. The molecule has 0 radical (unpaired) electrons. The minimum Gasteiger partial charge on any atom is -0.496 e. The number of carbonyl (C=O) groups is 1. The quantitative estimate of drug-likeness (QED) is 0.635. The van der Waals surface area contributed by atoms with Gasteiger partial charge < -0.3 is 4.74 Å². The van der Waals surface area contributed by atoms with Crippen molar-refractivity contribution in [1.29, 1.82) is 0 Å². The van der Waals surface area contributed by atoms with E-state index >= 15 is 0 Å². The highest BCUT2D eigenvalue weighted by Gasteiger charge is 2.29. The molecule has 0 saturated carbocycles. The van der Waals surface area contributed by atoms with Gasteiger partial charge in [-0.05, 0) is 25.0 Å².